The zero-order valence-corrected chi connectivity index (χ0v) is 12.2. The van der Waals surface area contributed by atoms with Crippen molar-refractivity contribution in [1.82, 2.24) is 5.43 Å². The number of hydrazone groups is 1. The number of carbonyl (C=O) groups excluding carboxylic acids is 2. The van der Waals surface area contributed by atoms with Gasteiger partial charge in [0.1, 0.15) is 0 Å². The highest BCUT2D eigenvalue weighted by molar-refractivity contribution is 6.39. The minimum atomic E-state index is -0.862. The van der Waals surface area contributed by atoms with Gasteiger partial charge in [-0.25, -0.2) is 5.43 Å². The van der Waals surface area contributed by atoms with Gasteiger partial charge < -0.3 is 5.32 Å². The molecule has 2 aromatic carbocycles. The summed E-state index contributed by atoms with van der Waals surface area (Å²) in [5, 5.41) is 14.8. The van der Waals surface area contributed by atoms with Crippen molar-refractivity contribution in [1.29, 1.82) is 5.26 Å². The van der Waals surface area contributed by atoms with E-state index in [4.69, 9.17) is 5.26 Å². The van der Waals surface area contributed by atoms with Crippen molar-refractivity contribution >= 4 is 23.7 Å². The predicted octanol–water partition coefficient (Wildman–Crippen LogP) is 1.84. The van der Waals surface area contributed by atoms with Crippen LogP contribution in [0, 0.1) is 11.3 Å². The number of amides is 2. The third-order valence-electron chi connectivity index (χ3n) is 2.91. The third-order valence-corrected chi connectivity index (χ3v) is 2.91. The highest BCUT2D eigenvalue weighted by Gasteiger charge is 2.12. The highest BCUT2D eigenvalue weighted by atomic mass is 16.2. The second-order valence-corrected chi connectivity index (χ2v) is 4.59. The Balaban J connectivity index is 1.80. The molecule has 2 amide bonds. The van der Waals surface area contributed by atoms with Gasteiger partial charge in [-0.15, -0.1) is 0 Å². The molecule has 2 rings (SSSR count). The first-order valence-corrected chi connectivity index (χ1v) is 6.86. The van der Waals surface area contributed by atoms with Crippen molar-refractivity contribution in [3.63, 3.8) is 0 Å². The number of carbonyl (C=O) groups is 2. The number of nitrogens with one attached hydrogen (secondary N) is 2. The average Bonchev–Trinajstić information content (AvgIpc) is 2.60. The zero-order valence-electron chi connectivity index (χ0n) is 12.2. The topological polar surface area (TPSA) is 94.4 Å². The quantitative estimate of drug-likeness (QED) is 0.512. The molecule has 0 aliphatic rings. The van der Waals surface area contributed by atoms with Crippen LogP contribution in [-0.2, 0) is 16.0 Å². The van der Waals surface area contributed by atoms with Crippen LogP contribution >= 0.6 is 0 Å². The lowest BCUT2D eigenvalue weighted by Gasteiger charge is -2.03. The number of rotatable bonds is 4. The molecule has 0 heterocycles. The van der Waals surface area contributed by atoms with Gasteiger partial charge in [-0.1, -0.05) is 30.3 Å². The van der Waals surface area contributed by atoms with Crippen LogP contribution in [-0.4, -0.2) is 18.0 Å². The molecule has 0 aliphatic heterocycles. The van der Waals surface area contributed by atoms with E-state index in [9.17, 15) is 9.59 Å². The van der Waals surface area contributed by atoms with Crippen LogP contribution in [0.5, 0.6) is 0 Å². The lowest BCUT2D eigenvalue weighted by atomic mass is 10.2. The molecule has 0 atom stereocenters. The molecule has 0 unspecified atom stereocenters. The molecule has 0 radical (unpaired) electrons. The van der Waals surface area contributed by atoms with Crippen LogP contribution in [0.4, 0.5) is 5.69 Å². The van der Waals surface area contributed by atoms with E-state index in [1.807, 2.05) is 36.4 Å². The standard InChI is InChI=1S/C17H14N4O2/c18-12-14-6-8-15(9-7-14)20-16(22)17(23)21-19-11-10-13-4-2-1-3-5-13/h1-9,11H,10H2,(H,20,22)(H,21,23)/b19-11+. The van der Waals surface area contributed by atoms with E-state index in [0.29, 0.717) is 17.7 Å². The maximum absolute atomic E-state index is 11.7. The second-order valence-electron chi connectivity index (χ2n) is 4.59. The SMILES string of the molecule is N#Cc1ccc(NC(=O)C(=O)N/N=C/Cc2ccccc2)cc1. The molecule has 6 heteroatoms. The van der Waals surface area contributed by atoms with E-state index in [0.717, 1.165) is 5.56 Å². The van der Waals surface area contributed by atoms with Gasteiger partial charge in [0, 0.05) is 18.3 Å². The number of hydrogen-bond donors (Lipinski definition) is 2. The number of anilines is 1. The molecule has 0 aliphatic carbocycles. The van der Waals surface area contributed by atoms with E-state index in [2.05, 4.69) is 15.8 Å². The van der Waals surface area contributed by atoms with Gasteiger partial charge >= 0.3 is 11.8 Å². The Hall–Kier alpha value is -3.46. The summed E-state index contributed by atoms with van der Waals surface area (Å²) in [6, 6.07) is 17.8. The van der Waals surface area contributed by atoms with Crippen LogP contribution < -0.4 is 10.7 Å². The average molecular weight is 306 g/mol. The summed E-state index contributed by atoms with van der Waals surface area (Å²) in [6.45, 7) is 0. The Kier molecular flexibility index (Phi) is 5.61. The predicted molar refractivity (Wildman–Crippen MR) is 86.6 cm³/mol. The Morgan fingerprint density at radius 1 is 1.04 bits per heavy atom. The second kappa shape index (κ2) is 8.10. The van der Waals surface area contributed by atoms with Crippen molar-refractivity contribution in [3.8, 4) is 6.07 Å². The van der Waals surface area contributed by atoms with E-state index in [-0.39, 0.29) is 0 Å². The maximum Gasteiger partial charge on any atom is 0.329 e. The fourth-order valence-corrected chi connectivity index (χ4v) is 1.74. The van der Waals surface area contributed by atoms with Crippen molar-refractivity contribution < 1.29 is 9.59 Å². The summed E-state index contributed by atoms with van der Waals surface area (Å²) in [4.78, 5) is 23.3. The molecule has 0 aromatic heterocycles. The van der Waals surface area contributed by atoms with Crippen LogP contribution in [0.3, 0.4) is 0 Å². The Morgan fingerprint density at radius 3 is 2.39 bits per heavy atom. The smallest absolute Gasteiger partial charge is 0.318 e. The van der Waals surface area contributed by atoms with Crippen LogP contribution in [0.15, 0.2) is 59.7 Å². The van der Waals surface area contributed by atoms with Crippen LogP contribution in [0.2, 0.25) is 0 Å². The minimum Gasteiger partial charge on any atom is -0.318 e. The number of hydrogen-bond acceptors (Lipinski definition) is 4. The van der Waals surface area contributed by atoms with Crippen molar-refractivity contribution in [2.45, 2.75) is 6.42 Å². The van der Waals surface area contributed by atoms with Crippen molar-refractivity contribution in [3.05, 3.63) is 65.7 Å². The molecular formula is C17H14N4O2. The fourth-order valence-electron chi connectivity index (χ4n) is 1.74. The molecule has 2 N–H and O–H groups in total. The molecule has 6 nitrogen and oxygen atoms in total. The van der Waals surface area contributed by atoms with Gasteiger partial charge in [0.05, 0.1) is 11.6 Å². The summed E-state index contributed by atoms with van der Waals surface area (Å²) >= 11 is 0. The summed E-state index contributed by atoms with van der Waals surface area (Å²) in [7, 11) is 0. The van der Waals surface area contributed by atoms with E-state index < -0.39 is 11.8 Å². The number of benzene rings is 2. The summed E-state index contributed by atoms with van der Waals surface area (Å²) in [5.74, 6) is -1.69. The van der Waals surface area contributed by atoms with Gasteiger partial charge in [0.15, 0.2) is 0 Å². The van der Waals surface area contributed by atoms with Crippen molar-refractivity contribution in [2.75, 3.05) is 5.32 Å². The molecule has 0 spiro atoms. The number of nitriles is 1. The largest absolute Gasteiger partial charge is 0.329 e. The van der Waals surface area contributed by atoms with Gasteiger partial charge in [-0.05, 0) is 29.8 Å². The Bertz CT molecular complexity index is 746. The van der Waals surface area contributed by atoms with E-state index in [1.165, 1.54) is 6.21 Å². The normalized spacial score (nSPS) is 10.0. The lowest BCUT2D eigenvalue weighted by Crippen LogP contribution is -2.32. The maximum atomic E-state index is 11.7. The Labute approximate surface area is 133 Å². The monoisotopic (exact) mass is 306 g/mol. The molecule has 23 heavy (non-hydrogen) atoms. The van der Waals surface area contributed by atoms with Gasteiger partial charge in [0.25, 0.3) is 0 Å². The van der Waals surface area contributed by atoms with E-state index in [1.54, 1.807) is 24.3 Å². The summed E-state index contributed by atoms with van der Waals surface area (Å²) in [5.41, 5.74) is 4.11. The van der Waals surface area contributed by atoms with Gasteiger partial charge in [-0.3, -0.25) is 9.59 Å². The zero-order chi connectivity index (χ0) is 16.5. The summed E-state index contributed by atoms with van der Waals surface area (Å²) in [6.07, 6.45) is 2.07. The highest BCUT2D eigenvalue weighted by Crippen LogP contribution is 2.08. The molecule has 0 fully saturated rings. The van der Waals surface area contributed by atoms with Gasteiger partial charge in [0.2, 0.25) is 0 Å². The molecule has 114 valence electrons. The third kappa shape index (κ3) is 5.10. The first-order valence-electron chi connectivity index (χ1n) is 6.86. The van der Waals surface area contributed by atoms with E-state index >= 15 is 0 Å². The molecule has 0 bridgehead atoms. The molecule has 0 saturated heterocycles. The van der Waals surface area contributed by atoms with Crippen LogP contribution in [0.1, 0.15) is 11.1 Å². The van der Waals surface area contributed by atoms with Gasteiger partial charge in [-0.2, -0.15) is 10.4 Å². The Morgan fingerprint density at radius 2 is 1.74 bits per heavy atom. The number of nitrogens with zero attached hydrogens (tertiary/aromatic N) is 2. The first kappa shape index (κ1) is 15.9. The fraction of sp³-hybridized carbons (Fsp3) is 0.0588. The first-order chi connectivity index (χ1) is 11.2. The molecular weight excluding hydrogens is 292 g/mol. The minimum absolute atomic E-state index is 0.428. The van der Waals surface area contributed by atoms with Crippen molar-refractivity contribution in [2.24, 2.45) is 5.10 Å². The lowest BCUT2D eigenvalue weighted by molar-refractivity contribution is -0.136. The van der Waals surface area contributed by atoms with Crippen LogP contribution in [0.25, 0.3) is 0 Å². The molecule has 0 saturated carbocycles. The molecule has 2 aromatic rings. The summed E-state index contributed by atoms with van der Waals surface area (Å²) < 4.78 is 0.